The molecular weight excluding hydrogens is 226 g/mol. The topological polar surface area (TPSA) is 38.3 Å². The Morgan fingerprint density at radius 2 is 2.00 bits per heavy atom. The van der Waals surface area contributed by atoms with E-state index in [-0.39, 0.29) is 12.0 Å². The maximum atomic E-state index is 11.8. The zero-order chi connectivity index (χ0) is 13.7. The van der Waals surface area contributed by atoms with Gasteiger partial charge >= 0.3 is 5.97 Å². The Morgan fingerprint density at radius 1 is 1.33 bits per heavy atom. The van der Waals surface area contributed by atoms with Gasteiger partial charge in [0, 0.05) is 6.04 Å². The van der Waals surface area contributed by atoms with E-state index in [2.05, 4.69) is 33.0 Å². The van der Waals surface area contributed by atoms with E-state index in [0.717, 1.165) is 12.3 Å². The molecule has 1 aliphatic rings. The van der Waals surface area contributed by atoms with Crippen LogP contribution in [0.1, 0.15) is 53.4 Å². The van der Waals surface area contributed by atoms with E-state index in [1.54, 1.807) is 0 Å². The molecule has 4 atom stereocenters. The van der Waals surface area contributed by atoms with Gasteiger partial charge in [0.15, 0.2) is 0 Å². The molecule has 0 aromatic carbocycles. The van der Waals surface area contributed by atoms with Crippen LogP contribution in [0.25, 0.3) is 0 Å². The van der Waals surface area contributed by atoms with Crippen LogP contribution in [0.2, 0.25) is 0 Å². The van der Waals surface area contributed by atoms with Crippen molar-refractivity contribution >= 4 is 5.97 Å². The Balaban J connectivity index is 2.61. The first-order chi connectivity index (χ1) is 8.45. The van der Waals surface area contributed by atoms with Crippen molar-refractivity contribution in [2.45, 2.75) is 65.5 Å². The molecule has 3 heteroatoms. The Morgan fingerprint density at radius 3 is 2.56 bits per heavy atom. The molecule has 18 heavy (non-hydrogen) atoms. The second-order valence-electron chi connectivity index (χ2n) is 6.25. The summed E-state index contributed by atoms with van der Waals surface area (Å²) in [4.78, 5) is 11.8. The molecule has 0 aromatic heterocycles. The molecular formula is C15H29NO2. The minimum absolute atomic E-state index is 0.117. The molecule has 4 unspecified atom stereocenters. The molecule has 1 rings (SSSR count). The van der Waals surface area contributed by atoms with E-state index in [4.69, 9.17) is 4.74 Å². The number of ether oxygens (including phenoxy) is 1. The zero-order valence-electron chi connectivity index (χ0n) is 12.5. The van der Waals surface area contributed by atoms with Crippen LogP contribution in [0.15, 0.2) is 0 Å². The molecule has 1 fully saturated rings. The number of rotatable bonds is 5. The Kier molecular flexibility index (Phi) is 6.13. The third kappa shape index (κ3) is 4.27. The molecule has 0 radical (unpaired) electrons. The molecule has 106 valence electrons. The summed E-state index contributed by atoms with van der Waals surface area (Å²) in [5.41, 5.74) is 0. The summed E-state index contributed by atoms with van der Waals surface area (Å²) in [5, 5.41) is 3.54. The van der Waals surface area contributed by atoms with Crippen molar-refractivity contribution in [1.82, 2.24) is 5.32 Å². The van der Waals surface area contributed by atoms with E-state index in [1.165, 1.54) is 26.4 Å². The molecule has 0 spiro atoms. The quantitative estimate of drug-likeness (QED) is 0.768. The first kappa shape index (κ1) is 15.5. The number of hydrogen-bond acceptors (Lipinski definition) is 3. The van der Waals surface area contributed by atoms with Crippen molar-refractivity contribution in [1.29, 1.82) is 0 Å². The highest BCUT2D eigenvalue weighted by atomic mass is 16.5. The zero-order valence-corrected chi connectivity index (χ0v) is 12.5. The van der Waals surface area contributed by atoms with Crippen LogP contribution in [-0.4, -0.2) is 25.2 Å². The van der Waals surface area contributed by atoms with Gasteiger partial charge in [0.25, 0.3) is 0 Å². The summed E-state index contributed by atoms with van der Waals surface area (Å²) in [6.07, 6.45) is 4.60. The molecule has 1 aliphatic carbocycles. The number of carbonyl (C=O) groups is 1. The fourth-order valence-electron chi connectivity index (χ4n) is 2.92. The van der Waals surface area contributed by atoms with Gasteiger partial charge in [-0.25, -0.2) is 0 Å². The van der Waals surface area contributed by atoms with Crippen LogP contribution < -0.4 is 5.32 Å². The third-order valence-electron chi connectivity index (χ3n) is 4.31. The Bertz CT molecular complexity index is 265. The largest absolute Gasteiger partial charge is 0.468 e. The highest BCUT2D eigenvalue weighted by molar-refractivity contribution is 5.75. The van der Waals surface area contributed by atoms with Gasteiger partial charge in [-0.1, -0.05) is 40.5 Å². The predicted octanol–water partition coefficient (Wildman–Crippen LogP) is 2.99. The van der Waals surface area contributed by atoms with Gasteiger partial charge in [-0.05, 0) is 30.6 Å². The van der Waals surface area contributed by atoms with Crippen molar-refractivity contribution < 1.29 is 9.53 Å². The summed E-state index contributed by atoms with van der Waals surface area (Å²) in [6, 6.07) is 0.310. The number of esters is 1. The Hall–Kier alpha value is -0.570. The van der Waals surface area contributed by atoms with Gasteiger partial charge in [0.1, 0.15) is 6.04 Å². The van der Waals surface area contributed by atoms with Gasteiger partial charge < -0.3 is 10.1 Å². The normalized spacial score (nSPS) is 30.2. The minimum Gasteiger partial charge on any atom is -0.468 e. The van der Waals surface area contributed by atoms with E-state index < -0.39 is 0 Å². The monoisotopic (exact) mass is 255 g/mol. The summed E-state index contributed by atoms with van der Waals surface area (Å²) < 4.78 is 4.92. The maximum absolute atomic E-state index is 11.8. The van der Waals surface area contributed by atoms with Gasteiger partial charge in [-0.2, -0.15) is 0 Å². The van der Waals surface area contributed by atoms with Gasteiger partial charge in [-0.15, -0.1) is 0 Å². The molecule has 1 saturated carbocycles. The van der Waals surface area contributed by atoms with Crippen molar-refractivity contribution in [2.24, 2.45) is 17.8 Å². The van der Waals surface area contributed by atoms with Crippen molar-refractivity contribution in [3.05, 3.63) is 0 Å². The molecule has 0 amide bonds. The summed E-state index contributed by atoms with van der Waals surface area (Å²) >= 11 is 0. The van der Waals surface area contributed by atoms with E-state index in [9.17, 15) is 4.79 Å². The molecule has 0 aromatic rings. The second kappa shape index (κ2) is 7.13. The molecule has 1 N–H and O–H groups in total. The van der Waals surface area contributed by atoms with E-state index in [1.807, 2.05) is 0 Å². The first-order valence-corrected chi connectivity index (χ1v) is 7.29. The highest BCUT2D eigenvalue weighted by Crippen LogP contribution is 2.30. The molecule has 0 heterocycles. The lowest BCUT2D eigenvalue weighted by molar-refractivity contribution is -0.144. The SMILES string of the molecule is COC(=O)C(CC(C)C)NC1CCCC(C)C1C. The average molecular weight is 255 g/mol. The van der Waals surface area contributed by atoms with Crippen LogP contribution in [0, 0.1) is 17.8 Å². The average Bonchev–Trinajstić information content (AvgIpc) is 2.32. The summed E-state index contributed by atoms with van der Waals surface area (Å²) in [5.74, 6) is 1.76. The lowest BCUT2D eigenvalue weighted by Crippen LogP contribution is -2.49. The van der Waals surface area contributed by atoms with Gasteiger partial charge in [0.2, 0.25) is 0 Å². The molecule has 0 bridgehead atoms. The van der Waals surface area contributed by atoms with Crippen LogP contribution in [0.5, 0.6) is 0 Å². The lowest BCUT2D eigenvalue weighted by Gasteiger charge is -2.37. The molecule has 3 nitrogen and oxygen atoms in total. The number of hydrogen-bond donors (Lipinski definition) is 1. The fraction of sp³-hybridized carbons (Fsp3) is 0.933. The maximum Gasteiger partial charge on any atom is 0.322 e. The van der Waals surface area contributed by atoms with Crippen LogP contribution >= 0.6 is 0 Å². The summed E-state index contributed by atoms with van der Waals surface area (Å²) in [7, 11) is 1.48. The Labute approximate surface area is 112 Å². The van der Waals surface area contributed by atoms with Crippen LogP contribution in [-0.2, 0) is 9.53 Å². The molecule has 0 aliphatic heterocycles. The smallest absolute Gasteiger partial charge is 0.322 e. The van der Waals surface area contributed by atoms with Crippen molar-refractivity contribution in [3.8, 4) is 0 Å². The number of nitrogens with one attached hydrogen (secondary N) is 1. The second-order valence-corrected chi connectivity index (χ2v) is 6.25. The van der Waals surface area contributed by atoms with Gasteiger partial charge in [0.05, 0.1) is 7.11 Å². The molecule has 0 saturated heterocycles. The fourth-order valence-corrected chi connectivity index (χ4v) is 2.92. The lowest BCUT2D eigenvalue weighted by atomic mass is 9.77. The van der Waals surface area contributed by atoms with Crippen molar-refractivity contribution in [3.63, 3.8) is 0 Å². The predicted molar refractivity (Wildman–Crippen MR) is 74.4 cm³/mol. The van der Waals surface area contributed by atoms with Crippen LogP contribution in [0.3, 0.4) is 0 Å². The van der Waals surface area contributed by atoms with Gasteiger partial charge in [-0.3, -0.25) is 4.79 Å². The highest BCUT2D eigenvalue weighted by Gasteiger charge is 2.31. The third-order valence-corrected chi connectivity index (χ3v) is 4.31. The summed E-state index contributed by atoms with van der Waals surface area (Å²) in [6.45, 7) is 8.90. The minimum atomic E-state index is -0.146. The number of carbonyl (C=O) groups excluding carboxylic acids is 1. The standard InChI is InChI=1S/C15H29NO2/c1-10(2)9-14(15(17)18-5)16-13-8-6-7-11(3)12(13)4/h10-14,16H,6-9H2,1-5H3. The first-order valence-electron chi connectivity index (χ1n) is 7.29. The number of methoxy groups -OCH3 is 1. The van der Waals surface area contributed by atoms with E-state index >= 15 is 0 Å². The van der Waals surface area contributed by atoms with Crippen LogP contribution in [0.4, 0.5) is 0 Å². The van der Waals surface area contributed by atoms with E-state index in [0.29, 0.717) is 17.9 Å². The van der Waals surface area contributed by atoms with Crippen molar-refractivity contribution in [2.75, 3.05) is 7.11 Å².